The van der Waals surface area contributed by atoms with Crippen molar-refractivity contribution in [3.8, 4) is 5.75 Å². The van der Waals surface area contributed by atoms with Gasteiger partial charge in [-0.1, -0.05) is 105 Å². The van der Waals surface area contributed by atoms with Gasteiger partial charge in [-0.3, -0.25) is 0 Å². The van der Waals surface area contributed by atoms with Crippen LogP contribution in [0, 0.1) is 0 Å². The van der Waals surface area contributed by atoms with Gasteiger partial charge in [-0.05, 0) is 68.0 Å². The van der Waals surface area contributed by atoms with Crippen LogP contribution in [0.15, 0.2) is 66.7 Å². The summed E-state index contributed by atoms with van der Waals surface area (Å²) in [6, 6.07) is 23.4. The van der Waals surface area contributed by atoms with Crippen LogP contribution in [0.3, 0.4) is 0 Å². The first-order valence-electron chi connectivity index (χ1n) is 15.9. The van der Waals surface area contributed by atoms with Crippen LogP contribution in [-0.2, 0) is 33.0 Å². The van der Waals surface area contributed by atoms with Crippen LogP contribution in [-0.4, -0.2) is 37.1 Å². The largest absolute Gasteiger partial charge is 1.00 e. The van der Waals surface area contributed by atoms with Gasteiger partial charge in [0.2, 0.25) is 0 Å². The van der Waals surface area contributed by atoms with Gasteiger partial charge in [0.1, 0.15) is 5.75 Å². The first-order chi connectivity index (χ1) is 20.9. The van der Waals surface area contributed by atoms with Crippen LogP contribution in [0.2, 0.25) is 0 Å². The van der Waals surface area contributed by atoms with Gasteiger partial charge in [-0.25, -0.2) is 0 Å². The van der Waals surface area contributed by atoms with Crippen molar-refractivity contribution in [1.29, 1.82) is 0 Å². The molecule has 2 N–H and O–H groups in total. The van der Waals surface area contributed by atoms with Crippen molar-refractivity contribution in [2.75, 3.05) is 13.7 Å². The monoisotopic (exact) mass is 646 g/mol. The maximum Gasteiger partial charge on any atom is 1.00 e. The molecule has 3 aromatic carbocycles. The Labute approximate surface area is 274 Å². The minimum absolute atomic E-state index is 0. The molecule has 7 heteroatoms. The number of aliphatic hydroxyl groups excluding tert-OH is 1. The molecular weight excluding hydrogens is 600 g/mol. The number of benzene rings is 3. The predicted octanol–water partition coefficient (Wildman–Crippen LogP) is 8.28. The summed E-state index contributed by atoms with van der Waals surface area (Å²) in [6.45, 7) is 6.84. The van der Waals surface area contributed by atoms with E-state index in [9.17, 15) is 5.11 Å². The van der Waals surface area contributed by atoms with Crippen LogP contribution >= 0.6 is 0 Å². The van der Waals surface area contributed by atoms with Gasteiger partial charge >= 0.3 is 17.1 Å². The average molecular weight is 647 g/mol. The van der Waals surface area contributed by atoms with Crippen molar-refractivity contribution in [2.24, 2.45) is 0 Å². The summed E-state index contributed by atoms with van der Waals surface area (Å²) in [5, 5.41) is 18.9. The van der Waals surface area contributed by atoms with E-state index in [0.29, 0.717) is 19.4 Å². The van der Waals surface area contributed by atoms with Crippen molar-refractivity contribution in [1.82, 2.24) is 5.32 Å². The van der Waals surface area contributed by atoms with Crippen molar-refractivity contribution in [3.05, 3.63) is 105 Å². The molecule has 6 atom stereocenters. The summed E-state index contributed by atoms with van der Waals surface area (Å²) in [4.78, 5) is 0. The maximum absolute atomic E-state index is 10.9. The predicted molar refractivity (Wildman–Crippen MR) is 174 cm³/mol. The molecule has 2 aliphatic heterocycles. The Morgan fingerprint density at radius 3 is 2.39 bits per heavy atom. The van der Waals surface area contributed by atoms with Gasteiger partial charge in [0.15, 0.2) is 6.29 Å². The second-order valence-corrected chi connectivity index (χ2v) is 11.9. The summed E-state index contributed by atoms with van der Waals surface area (Å²) in [7, 11) is 1.92. The Bertz CT molecular complexity index is 1330. The fraction of sp³-hybridized carbons (Fsp3) is 0.459. The van der Waals surface area contributed by atoms with E-state index in [1.54, 1.807) is 0 Å². The normalized spacial score (nSPS) is 23.7. The summed E-state index contributed by atoms with van der Waals surface area (Å²) in [6.07, 6.45) is 8.64. The van der Waals surface area contributed by atoms with E-state index < -0.39 is 12.4 Å². The number of aliphatic hydroxyl groups is 1. The molecule has 6 unspecified atom stereocenters. The molecule has 0 amide bonds. The minimum Gasteiger partial charge on any atom is -0.637 e. The van der Waals surface area contributed by atoms with Gasteiger partial charge in [0.05, 0.1) is 24.9 Å². The molecule has 0 aromatic heterocycles. The molecule has 2 aliphatic rings. The van der Waals surface area contributed by atoms with Gasteiger partial charge in [0.25, 0.3) is 0 Å². The van der Waals surface area contributed by atoms with E-state index in [1.807, 2.05) is 19.2 Å². The van der Waals surface area contributed by atoms with E-state index in [0.717, 1.165) is 35.3 Å². The molecule has 0 radical (unpaired) electrons. The molecule has 44 heavy (non-hydrogen) atoms. The average Bonchev–Trinajstić information content (AvgIpc) is 3.35. The summed E-state index contributed by atoms with van der Waals surface area (Å²) < 4.78 is 18.6. The fourth-order valence-corrected chi connectivity index (χ4v) is 6.01. The number of rotatable bonds is 13. The van der Waals surface area contributed by atoms with E-state index in [1.165, 1.54) is 29.5 Å². The second-order valence-electron chi connectivity index (χ2n) is 11.9. The van der Waals surface area contributed by atoms with Gasteiger partial charge in [0, 0.05) is 12.0 Å². The van der Waals surface area contributed by atoms with Crippen molar-refractivity contribution >= 4 is 12.2 Å². The Hall–Kier alpha value is -2.48. The molecular formula is C37H47CuN2O4. The standard InChI is InChI=1S/C37H47N2O4.Cu/c1-5-6-8-27-11-13-28(14-12-27)15-16-29-17-19-30(20-18-29)37-42-25(2)23-32(43-37)24-31(40)21-22-41-34-10-7-9-33-26(3)39-36(38-4)35(33)34;/h7,9-20,25-26,31-32,36-38,40H,5-6,8,21-24H2,1-4H3;/q-1;+1/b16-15+;. The summed E-state index contributed by atoms with van der Waals surface area (Å²) in [5.74, 6) is 0.840. The Morgan fingerprint density at radius 1 is 1.00 bits per heavy atom. The third-order valence-corrected chi connectivity index (χ3v) is 8.46. The molecule has 6 nitrogen and oxygen atoms in total. The SMILES string of the molecule is CCCCc1ccc(/C=C/c2ccc(C3OC(C)CC(CC(O)CCOc4cccc5c4C(NC)[N-]C5C)O3)cc2)cc1.[Cu+]. The first-order valence-corrected chi connectivity index (χ1v) is 15.9. The van der Waals surface area contributed by atoms with Crippen molar-refractivity contribution in [2.45, 2.75) is 96.1 Å². The van der Waals surface area contributed by atoms with Crippen LogP contribution in [0.1, 0.15) is 105 Å². The van der Waals surface area contributed by atoms with E-state index in [-0.39, 0.29) is 41.5 Å². The van der Waals surface area contributed by atoms with Gasteiger partial charge < -0.3 is 30.0 Å². The Morgan fingerprint density at radius 2 is 1.70 bits per heavy atom. The second kappa shape index (κ2) is 16.7. The fourth-order valence-electron chi connectivity index (χ4n) is 6.01. The van der Waals surface area contributed by atoms with Crippen LogP contribution in [0.5, 0.6) is 5.75 Å². The first kappa shape index (κ1) is 34.4. The molecule has 3 aromatic rings. The number of hydrogen-bond donors (Lipinski definition) is 2. The third-order valence-electron chi connectivity index (χ3n) is 8.46. The van der Waals surface area contributed by atoms with Gasteiger partial charge in [-0.2, -0.15) is 0 Å². The zero-order valence-corrected chi connectivity index (χ0v) is 27.3. The van der Waals surface area contributed by atoms with Gasteiger partial charge in [-0.15, -0.1) is 6.04 Å². The van der Waals surface area contributed by atoms with Crippen LogP contribution in [0.25, 0.3) is 17.5 Å². The zero-order valence-electron chi connectivity index (χ0n) is 26.3. The molecule has 5 rings (SSSR count). The molecule has 1 fully saturated rings. The molecule has 1 saturated heterocycles. The van der Waals surface area contributed by atoms with E-state index in [2.05, 4.69) is 92.8 Å². The van der Waals surface area contributed by atoms with E-state index in [4.69, 9.17) is 19.5 Å². The quantitative estimate of drug-likeness (QED) is 0.144. The molecule has 0 aliphatic carbocycles. The minimum atomic E-state index is -0.523. The van der Waals surface area contributed by atoms with Crippen molar-refractivity contribution < 1.29 is 36.4 Å². The Kier molecular flexibility index (Phi) is 13.1. The van der Waals surface area contributed by atoms with E-state index >= 15 is 0 Å². The molecule has 2 heterocycles. The van der Waals surface area contributed by atoms with Crippen molar-refractivity contribution in [3.63, 3.8) is 0 Å². The number of nitrogens with one attached hydrogen (secondary N) is 1. The molecule has 240 valence electrons. The summed E-state index contributed by atoms with van der Waals surface area (Å²) >= 11 is 0. The maximum atomic E-state index is 10.9. The number of fused-ring (bicyclic) bond motifs is 1. The van der Waals surface area contributed by atoms with Crippen LogP contribution < -0.4 is 10.1 Å². The Balaban J connectivity index is 0.00000442. The van der Waals surface area contributed by atoms with Crippen LogP contribution in [0.4, 0.5) is 0 Å². The third kappa shape index (κ3) is 9.04. The molecule has 0 bridgehead atoms. The molecule has 0 spiro atoms. The number of hydrogen-bond acceptors (Lipinski definition) is 5. The summed E-state index contributed by atoms with van der Waals surface area (Å²) in [5.41, 5.74) is 7.02. The smallest absolute Gasteiger partial charge is 0.637 e. The topological polar surface area (TPSA) is 74.0 Å². The zero-order chi connectivity index (χ0) is 30.2. The molecule has 0 saturated carbocycles. The number of unbranched alkanes of at least 4 members (excludes halogenated alkanes) is 1. The number of aryl methyl sites for hydroxylation is 1. The number of ether oxygens (including phenoxy) is 3. The number of nitrogens with zero attached hydrogens (tertiary/aromatic N) is 1.